The number of piperazine rings is 1. The van der Waals surface area contributed by atoms with E-state index in [-0.39, 0.29) is 12.1 Å². The molecule has 3 aliphatic rings. The number of hydrogen-bond donors (Lipinski definition) is 1. The molecule has 11 nitrogen and oxygen atoms in total. The third kappa shape index (κ3) is 7.58. The molecule has 57 heavy (non-hydrogen) atoms. The molecule has 0 unspecified atom stereocenters. The molecule has 0 aromatic carbocycles. The van der Waals surface area contributed by atoms with Gasteiger partial charge in [0.1, 0.15) is 17.1 Å². The summed E-state index contributed by atoms with van der Waals surface area (Å²) in [5, 5.41) is 0. The van der Waals surface area contributed by atoms with Gasteiger partial charge < -0.3 is 15.0 Å². The van der Waals surface area contributed by atoms with Crippen LogP contribution in [0.4, 0.5) is 5.82 Å². The summed E-state index contributed by atoms with van der Waals surface area (Å²) in [6, 6.07) is 20.6. The minimum Gasteiger partial charge on any atom is -0.355 e. The smallest absolute Gasteiger partial charge is 0.141 e. The molecule has 0 bridgehead atoms. The number of piperidine rings is 2. The Balaban J connectivity index is 0.896. The molecule has 9 rings (SSSR count). The van der Waals surface area contributed by atoms with Crippen molar-refractivity contribution in [1.82, 2.24) is 43.4 Å². The topological polar surface area (TPSA) is 99.4 Å². The third-order valence-electron chi connectivity index (χ3n) is 13.1. The number of nitrogens with zero attached hydrogens (tertiary/aromatic N) is 10. The first-order chi connectivity index (χ1) is 28.0. The van der Waals surface area contributed by atoms with Crippen LogP contribution in [0.3, 0.4) is 0 Å². The van der Waals surface area contributed by atoms with Gasteiger partial charge in [-0.05, 0) is 127 Å². The molecule has 3 aliphatic heterocycles. The number of hydrogen-bond acceptors (Lipinski definition) is 9. The van der Waals surface area contributed by atoms with E-state index in [0.717, 1.165) is 101 Å². The Morgan fingerprint density at radius 1 is 0.702 bits per heavy atom. The second-order valence-electron chi connectivity index (χ2n) is 16.7. The van der Waals surface area contributed by atoms with Crippen LogP contribution in [0.1, 0.15) is 115 Å². The molecule has 4 atom stereocenters. The number of unbranched alkanes of at least 4 members (excludes halogenated alkanes) is 1. The maximum absolute atomic E-state index is 5.96. The molecule has 298 valence electrons. The van der Waals surface area contributed by atoms with E-state index in [1.807, 2.05) is 24.5 Å². The van der Waals surface area contributed by atoms with Gasteiger partial charge in [0.25, 0.3) is 0 Å². The van der Waals surface area contributed by atoms with E-state index in [9.17, 15) is 0 Å². The number of aromatic nitrogens is 6. The van der Waals surface area contributed by atoms with Gasteiger partial charge in [-0.15, -0.1) is 0 Å². The molecule has 2 N–H and O–H groups in total. The van der Waals surface area contributed by atoms with Crippen molar-refractivity contribution in [3.63, 3.8) is 0 Å². The van der Waals surface area contributed by atoms with Gasteiger partial charge in [0.2, 0.25) is 0 Å². The molecular weight excluding hydrogens is 707 g/mol. The fourth-order valence-corrected chi connectivity index (χ4v) is 10.1. The fourth-order valence-electron chi connectivity index (χ4n) is 10.1. The number of rotatable bonds is 11. The first-order valence-corrected chi connectivity index (χ1v) is 21.4. The lowest BCUT2D eigenvalue weighted by Gasteiger charge is -2.41. The summed E-state index contributed by atoms with van der Waals surface area (Å²) in [7, 11) is 2.26. The number of aryl methyl sites for hydroxylation is 2. The summed E-state index contributed by atoms with van der Waals surface area (Å²) < 4.78 is 4.58. The maximum atomic E-state index is 5.96. The Morgan fingerprint density at radius 3 is 2.16 bits per heavy atom. The first-order valence-electron chi connectivity index (χ1n) is 21.4. The third-order valence-corrected chi connectivity index (χ3v) is 13.1. The van der Waals surface area contributed by atoms with Crippen LogP contribution in [-0.4, -0.2) is 89.8 Å². The van der Waals surface area contributed by atoms with Crippen LogP contribution in [0.2, 0.25) is 0 Å². The van der Waals surface area contributed by atoms with Gasteiger partial charge in [-0.3, -0.25) is 29.1 Å². The molecule has 3 fully saturated rings. The number of pyridine rings is 4. The lowest BCUT2D eigenvalue weighted by molar-refractivity contribution is 0.0751. The molecule has 0 radical (unpaired) electrons. The van der Waals surface area contributed by atoms with Crippen molar-refractivity contribution in [1.29, 1.82) is 0 Å². The van der Waals surface area contributed by atoms with Crippen LogP contribution < -0.4 is 10.6 Å². The Hall–Kier alpha value is -4.68. The minimum atomic E-state index is 0.260. The lowest BCUT2D eigenvalue weighted by atomic mass is 9.90. The summed E-state index contributed by atoms with van der Waals surface area (Å²) in [6.07, 6.45) is 19.6. The quantitative estimate of drug-likeness (QED) is 0.134. The molecule has 11 heteroatoms. The molecule has 6 aromatic rings. The number of anilines is 1. The van der Waals surface area contributed by atoms with Gasteiger partial charge in [-0.2, -0.15) is 0 Å². The predicted molar refractivity (Wildman–Crippen MR) is 227 cm³/mol. The normalized spacial score (nSPS) is 22.8. The number of nitrogens with two attached hydrogens (primary N) is 1. The second-order valence-corrected chi connectivity index (χ2v) is 16.7. The van der Waals surface area contributed by atoms with Crippen molar-refractivity contribution in [2.45, 2.75) is 95.9 Å². The van der Waals surface area contributed by atoms with Gasteiger partial charge in [0.05, 0.1) is 46.9 Å². The van der Waals surface area contributed by atoms with E-state index in [2.05, 4.69) is 110 Å². The Morgan fingerprint density at radius 2 is 1.40 bits per heavy atom. The van der Waals surface area contributed by atoms with Crippen molar-refractivity contribution < 1.29 is 0 Å². The average molecular weight is 766 g/mol. The Kier molecular flexibility index (Phi) is 11.1. The Labute approximate surface area is 337 Å². The first kappa shape index (κ1) is 37.9. The molecule has 6 aromatic heterocycles. The second kappa shape index (κ2) is 16.7. The van der Waals surface area contributed by atoms with Gasteiger partial charge in [0.15, 0.2) is 0 Å². The van der Waals surface area contributed by atoms with Crippen LogP contribution in [0.5, 0.6) is 0 Å². The SMILES string of the molecule is Cc1cccnc1[C@@H]1CCC[C@H](c2cn3c(N4CCN(Cc5cccn6cc([C@H]7CCC[C@@H](c8ncccc8C)N7CCCCN)nc56)CC4)cccc3n2)N1C. The molecule has 9 heterocycles. The average Bonchev–Trinajstić information content (AvgIpc) is 3.88. The highest BCUT2D eigenvalue weighted by atomic mass is 15.3. The minimum absolute atomic E-state index is 0.260. The van der Waals surface area contributed by atoms with Crippen LogP contribution in [0.15, 0.2) is 85.6 Å². The molecular formula is C46H59N11. The van der Waals surface area contributed by atoms with Gasteiger partial charge in [-0.1, -0.05) is 24.3 Å². The standard InChI is InChI=1S/C46H59N11/c1-33-12-9-22-48-44(33)40-17-6-15-38(52(40)3)37-32-57-42(50-37)19-8-20-43(57)54-28-26-53(27-29-54)30-35-14-11-24-55-31-36(51-46(35)55)39-16-7-18-41(56(39)25-5-4-21-47)45-34(2)13-10-23-49-45/h8-14,19-20,22-24,31-32,38-41H,4-7,15-18,21,25-30,47H2,1-3H3/t38-,39-,40+,41+/m1/s1. The largest absolute Gasteiger partial charge is 0.355 e. The predicted octanol–water partition coefficient (Wildman–Crippen LogP) is 7.62. The molecule has 3 saturated heterocycles. The van der Waals surface area contributed by atoms with E-state index >= 15 is 0 Å². The molecule has 0 aliphatic carbocycles. The summed E-state index contributed by atoms with van der Waals surface area (Å²) in [5.74, 6) is 1.23. The van der Waals surface area contributed by atoms with Crippen molar-refractivity contribution >= 4 is 17.1 Å². The van der Waals surface area contributed by atoms with Crippen molar-refractivity contribution in [2.24, 2.45) is 5.73 Å². The number of imidazole rings is 2. The van der Waals surface area contributed by atoms with Crippen molar-refractivity contribution in [3.05, 3.63) is 125 Å². The summed E-state index contributed by atoms with van der Waals surface area (Å²) in [5.41, 5.74) is 16.6. The number of fused-ring (bicyclic) bond motifs is 2. The van der Waals surface area contributed by atoms with E-state index in [0.29, 0.717) is 12.1 Å². The summed E-state index contributed by atoms with van der Waals surface area (Å²) >= 11 is 0. The zero-order valence-electron chi connectivity index (χ0n) is 34.0. The van der Waals surface area contributed by atoms with E-state index in [4.69, 9.17) is 25.7 Å². The summed E-state index contributed by atoms with van der Waals surface area (Å²) in [4.78, 5) is 30.7. The van der Waals surface area contributed by atoms with Crippen molar-refractivity contribution in [3.8, 4) is 0 Å². The van der Waals surface area contributed by atoms with E-state index in [1.165, 1.54) is 52.4 Å². The highest BCUT2D eigenvalue weighted by molar-refractivity contribution is 5.54. The number of likely N-dealkylation sites (tertiary alicyclic amines) is 2. The molecule has 0 spiro atoms. The molecule has 0 saturated carbocycles. The molecule has 0 amide bonds. The van der Waals surface area contributed by atoms with Crippen LogP contribution in [0, 0.1) is 13.8 Å². The van der Waals surface area contributed by atoms with Gasteiger partial charge in [-0.25, -0.2) is 9.97 Å². The zero-order valence-corrected chi connectivity index (χ0v) is 34.0. The highest BCUT2D eigenvalue weighted by Crippen LogP contribution is 2.43. The van der Waals surface area contributed by atoms with Crippen LogP contribution in [-0.2, 0) is 6.54 Å². The highest BCUT2D eigenvalue weighted by Gasteiger charge is 2.36. The lowest BCUT2D eigenvalue weighted by Crippen LogP contribution is -2.46. The fraction of sp³-hybridized carbons (Fsp3) is 0.478. The maximum Gasteiger partial charge on any atom is 0.141 e. The van der Waals surface area contributed by atoms with Crippen LogP contribution in [0.25, 0.3) is 11.3 Å². The van der Waals surface area contributed by atoms with Crippen molar-refractivity contribution in [2.75, 3.05) is 51.2 Å². The van der Waals surface area contributed by atoms with Gasteiger partial charge >= 0.3 is 0 Å². The van der Waals surface area contributed by atoms with E-state index < -0.39 is 0 Å². The summed E-state index contributed by atoms with van der Waals surface area (Å²) in [6.45, 7) is 10.9. The monoisotopic (exact) mass is 765 g/mol. The Bertz CT molecular complexity index is 2290. The van der Waals surface area contributed by atoms with Crippen LogP contribution >= 0.6 is 0 Å². The van der Waals surface area contributed by atoms with Gasteiger partial charge in [0, 0.05) is 69.3 Å². The zero-order chi connectivity index (χ0) is 38.9. The van der Waals surface area contributed by atoms with E-state index in [1.54, 1.807) is 0 Å².